The average Bonchev–Trinajstić information content (AvgIpc) is 3.02. The number of imide groups is 1. The van der Waals surface area contributed by atoms with Crippen LogP contribution in [0, 0.1) is 0 Å². The molecule has 7 heteroatoms. The van der Waals surface area contributed by atoms with Gasteiger partial charge in [-0.05, 0) is 19.1 Å². The van der Waals surface area contributed by atoms with Crippen molar-refractivity contribution in [3.05, 3.63) is 34.9 Å². The fraction of sp³-hybridized carbons (Fsp3) is 0.529. The molecule has 1 atom stereocenters. The molecule has 2 heterocycles. The minimum Gasteiger partial charge on any atom is -0.336 e. The first kappa shape index (κ1) is 17.2. The molecule has 24 heavy (non-hydrogen) atoms. The van der Waals surface area contributed by atoms with Crippen molar-refractivity contribution in [2.45, 2.75) is 19.5 Å². The molecular formula is C17H25ClN4O2+2. The van der Waals surface area contributed by atoms with E-state index in [1.54, 1.807) is 0 Å². The van der Waals surface area contributed by atoms with E-state index in [9.17, 15) is 9.59 Å². The first-order chi connectivity index (χ1) is 11.5. The van der Waals surface area contributed by atoms with Crippen LogP contribution in [0.4, 0.5) is 4.79 Å². The van der Waals surface area contributed by atoms with Gasteiger partial charge in [0.2, 0.25) is 0 Å². The number of carbonyl (C=O) groups excluding carboxylic acids is 2. The SMILES string of the molecule is C[C@@H](C(=O)N1CCNC1=O)[NH+]1CC[NH+](Cc2ccc(Cl)cc2)CC1. The van der Waals surface area contributed by atoms with E-state index in [0.29, 0.717) is 13.1 Å². The largest absolute Gasteiger partial charge is 0.336 e. The zero-order chi connectivity index (χ0) is 17.1. The number of nitrogens with zero attached hydrogens (tertiary/aromatic N) is 1. The number of benzene rings is 1. The van der Waals surface area contributed by atoms with Crippen LogP contribution in [0.15, 0.2) is 24.3 Å². The van der Waals surface area contributed by atoms with Crippen LogP contribution < -0.4 is 15.1 Å². The fourth-order valence-corrected chi connectivity index (χ4v) is 3.64. The Hall–Kier alpha value is -1.63. The summed E-state index contributed by atoms with van der Waals surface area (Å²) in [6.07, 6.45) is 0. The monoisotopic (exact) mass is 352 g/mol. The number of quaternary nitrogens is 2. The van der Waals surface area contributed by atoms with Gasteiger partial charge in [0, 0.05) is 23.7 Å². The lowest BCUT2D eigenvalue weighted by Crippen LogP contribution is -3.29. The summed E-state index contributed by atoms with van der Waals surface area (Å²) in [6, 6.07) is 7.60. The van der Waals surface area contributed by atoms with Gasteiger partial charge < -0.3 is 15.1 Å². The molecular weight excluding hydrogens is 328 g/mol. The highest BCUT2D eigenvalue weighted by Gasteiger charge is 2.37. The third-order valence-electron chi connectivity index (χ3n) is 5.07. The van der Waals surface area contributed by atoms with Gasteiger partial charge in [-0.15, -0.1) is 0 Å². The zero-order valence-corrected chi connectivity index (χ0v) is 14.7. The Balaban J connectivity index is 1.50. The molecule has 6 nitrogen and oxygen atoms in total. The molecule has 1 aromatic carbocycles. The third kappa shape index (κ3) is 3.88. The molecule has 0 saturated carbocycles. The summed E-state index contributed by atoms with van der Waals surface area (Å²) in [5, 5.41) is 3.46. The second-order valence-electron chi connectivity index (χ2n) is 6.65. The van der Waals surface area contributed by atoms with Crippen LogP contribution in [-0.4, -0.2) is 62.1 Å². The van der Waals surface area contributed by atoms with Crippen molar-refractivity contribution in [3.8, 4) is 0 Å². The van der Waals surface area contributed by atoms with Crippen LogP contribution in [0.1, 0.15) is 12.5 Å². The summed E-state index contributed by atoms with van der Waals surface area (Å²) in [5.41, 5.74) is 1.29. The lowest BCUT2D eigenvalue weighted by molar-refractivity contribution is -1.02. The molecule has 1 aromatic rings. The number of hydrogen-bond donors (Lipinski definition) is 3. The number of rotatable bonds is 4. The van der Waals surface area contributed by atoms with E-state index in [2.05, 4.69) is 17.4 Å². The number of amides is 3. The average molecular weight is 353 g/mol. The number of urea groups is 1. The molecule has 0 radical (unpaired) electrons. The lowest BCUT2D eigenvalue weighted by atomic mass is 10.1. The molecule has 0 aromatic heterocycles. The number of carbonyl (C=O) groups is 2. The first-order valence-corrected chi connectivity index (χ1v) is 8.94. The van der Waals surface area contributed by atoms with E-state index >= 15 is 0 Å². The van der Waals surface area contributed by atoms with Gasteiger partial charge in [0.1, 0.15) is 32.7 Å². The molecule has 0 bridgehead atoms. The van der Waals surface area contributed by atoms with E-state index in [-0.39, 0.29) is 18.0 Å². The second-order valence-corrected chi connectivity index (χ2v) is 7.09. The molecule has 2 fully saturated rings. The summed E-state index contributed by atoms with van der Waals surface area (Å²) in [6.45, 7) is 7.93. The quantitative estimate of drug-likeness (QED) is 0.622. The Kier molecular flexibility index (Phi) is 5.38. The van der Waals surface area contributed by atoms with Gasteiger partial charge in [0.05, 0.1) is 0 Å². The van der Waals surface area contributed by atoms with Crippen molar-refractivity contribution in [3.63, 3.8) is 0 Å². The smallest absolute Gasteiger partial charge is 0.324 e. The summed E-state index contributed by atoms with van der Waals surface area (Å²) >= 11 is 5.93. The molecule has 2 aliphatic heterocycles. The van der Waals surface area contributed by atoms with E-state index in [1.165, 1.54) is 20.3 Å². The highest BCUT2D eigenvalue weighted by molar-refractivity contribution is 6.30. The van der Waals surface area contributed by atoms with Crippen molar-refractivity contribution < 1.29 is 19.4 Å². The van der Waals surface area contributed by atoms with Crippen LogP contribution >= 0.6 is 11.6 Å². The molecule has 0 spiro atoms. The van der Waals surface area contributed by atoms with E-state index in [4.69, 9.17) is 11.6 Å². The Morgan fingerprint density at radius 3 is 2.50 bits per heavy atom. The molecule has 130 valence electrons. The number of hydrogen-bond acceptors (Lipinski definition) is 2. The first-order valence-electron chi connectivity index (χ1n) is 8.56. The van der Waals surface area contributed by atoms with E-state index < -0.39 is 0 Å². The number of nitrogens with one attached hydrogen (secondary N) is 3. The van der Waals surface area contributed by atoms with Crippen molar-refractivity contribution in [2.75, 3.05) is 39.3 Å². The topological polar surface area (TPSA) is 58.3 Å². The van der Waals surface area contributed by atoms with E-state index in [1.807, 2.05) is 19.1 Å². The lowest BCUT2D eigenvalue weighted by Gasteiger charge is -2.33. The Morgan fingerprint density at radius 2 is 1.92 bits per heavy atom. The van der Waals surface area contributed by atoms with Crippen molar-refractivity contribution in [1.29, 1.82) is 0 Å². The molecule has 0 aliphatic carbocycles. The number of halogens is 1. The van der Waals surface area contributed by atoms with Crippen LogP contribution in [0.3, 0.4) is 0 Å². The number of piperazine rings is 1. The van der Waals surface area contributed by atoms with Crippen LogP contribution in [0.5, 0.6) is 0 Å². The van der Waals surface area contributed by atoms with Crippen molar-refractivity contribution in [1.82, 2.24) is 10.2 Å². The maximum absolute atomic E-state index is 12.5. The van der Waals surface area contributed by atoms with Gasteiger partial charge in [-0.1, -0.05) is 23.7 Å². The van der Waals surface area contributed by atoms with Gasteiger partial charge in [-0.25, -0.2) is 4.79 Å². The minimum atomic E-state index is -0.252. The van der Waals surface area contributed by atoms with Gasteiger partial charge >= 0.3 is 6.03 Å². The Bertz CT molecular complexity index is 599. The standard InChI is InChI=1S/C17H23ClN4O2/c1-13(16(23)22-7-6-19-17(22)24)21-10-8-20(9-11-21)12-14-2-4-15(18)5-3-14/h2-5,13H,6-12H2,1H3,(H,19,24)/p+2/t13-/m0/s1. The predicted molar refractivity (Wildman–Crippen MR) is 91.1 cm³/mol. The summed E-state index contributed by atoms with van der Waals surface area (Å²) in [4.78, 5) is 28.3. The highest BCUT2D eigenvalue weighted by Crippen LogP contribution is 2.08. The molecule has 3 amide bonds. The molecule has 2 saturated heterocycles. The van der Waals surface area contributed by atoms with Crippen LogP contribution in [-0.2, 0) is 11.3 Å². The zero-order valence-electron chi connectivity index (χ0n) is 14.0. The molecule has 3 N–H and O–H groups in total. The normalized spacial score (nSPS) is 25.4. The van der Waals surface area contributed by atoms with E-state index in [0.717, 1.165) is 37.7 Å². The van der Waals surface area contributed by atoms with Gasteiger partial charge in [-0.3, -0.25) is 9.69 Å². The van der Waals surface area contributed by atoms with Crippen molar-refractivity contribution in [2.24, 2.45) is 0 Å². The molecule has 2 aliphatic rings. The Morgan fingerprint density at radius 1 is 1.25 bits per heavy atom. The highest BCUT2D eigenvalue weighted by atomic mass is 35.5. The van der Waals surface area contributed by atoms with Crippen molar-refractivity contribution >= 4 is 23.5 Å². The van der Waals surface area contributed by atoms with Gasteiger partial charge in [0.25, 0.3) is 5.91 Å². The molecule has 3 rings (SSSR count). The Labute approximate surface area is 147 Å². The second kappa shape index (κ2) is 7.51. The fourth-order valence-electron chi connectivity index (χ4n) is 3.52. The third-order valence-corrected chi connectivity index (χ3v) is 5.32. The molecule has 0 unspecified atom stereocenters. The van der Waals surface area contributed by atoms with Gasteiger partial charge in [-0.2, -0.15) is 0 Å². The minimum absolute atomic E-state index is 0.0545. The van der Waals surface area contributed by atoms with Crippen LogP contribution in [0.2, 0.25) is 5.02 Å². The maximum Gasteiger partial charge on any atom is 0.324 e. The summed E-state index contributed by atoms with van der Waals surface area (Å²) in [7, 11) is 0. The van der Waals surface area contributed by atoms with Gasteiger partial charge in [0.15, 0.2) is 6.04 Å². The summed E-state index contributed by atoms with van der Waals surface area (Å²) < 4.78 is 0. The maximum atomic E-state index is 12.5. The van der Waals surface area contributed by atoms with Crippen LogP contribution in [0.25, 0.3) is 0 Å². The summed E-state index contributed by atoms with van der Waals surface area (Å²) in [5.74, 6) is -0.0545. The predicted octanol–water partition coefficient (Wildman–Crippen LogP) is -1.44.